The number of aromatic hydroxyl groups is 1. The zero-order valence-electron chi connectivity index (χ0n) is 12.7. The standard InChI is InChI=1S/C16H24N2O2.ClH/c1-10-7-8-14(11(2)16(10)20)18-15(19)9-12-5-3-4-6-13(12)17;/h7-8,12-13,20H,3-6,9,17H2,1-2H3,(H,18,19);1H. The molecule has 0 spiro atoms. The second-order valence-corrected chi connectivity index (χ2v) is 5.86. The third-order valence-electron chi connectivity index (χ3n) is 4.32. The molecule has 1 aromatic rings. The van der Waals surface area contributed by atoms with E-state index in [0.29, 0.717) is 17.7 Å². The summed E-state index contributed by atoms with van der Waals surface area (Å²) in [6, 6.07) is 3.79. The highest BCUT2D eigenvalue weighted by Gasteiger charge is 2.24. The van der Waals surface area contributed by atoms with Crippen LogP contribution in [0.1, 0.15) is 43.2 Å². The molecular formula is C16H25ClN2O2. The van der Waals surface area contributed by atoms with Crippen LogP contribution in [0.4, 0.5) is 5.69 Å². The van der Waals surface area contributed by atoms with E-state index in [1.807, 2.05) is 26.0 Å². The maximum atomic E-state index is 12.1. The van der Waals surface area contributed by atoms with Gasteiger partial charge in [-0.15, -0.1) is 12.4 Å². The van der Waals surface area contributed by atoms with Crippen molar-refractivity contribution in [3.8, 4) is 5.75 Å². The highest BCUT2D eigenvalue weighted by atomic mass is 35.5. The van der Waals surface area contributed by atoms with Crippen LogP contribution >= 0.6 is 12.4 Å². The summed E-state index contributed by atoms with van der Waals surface area (Å²) in [6.45, 7) is 3.65. The van der Waals surface area contributed by atoms with Crippen molar-refractivity contribution in [2.24, 2.45) is 11.7 Å². The highest BCUT2D eigenvalue weighted by Crippen LogP contribution is 2.29. The average molecular weight is 313 g/mol. The molecule has 4 N–H and O–H groups in total. The van der Waals surface area contributed by atoms with E-state index in [0.717, 1.165) is 24.8 Å². The minimum atomic E-state index is -0.0151. The first-order chi connectivity index (χ1) is 9.49. The van der Waals surface area contributed by atoms with Crippen molar-refractivity contribution in [2.75, 3.05) is 5.32 Å². The number of halogens is 1. The van der Waals surface area contributed by atoms with Crippen molar-refractivity contribution in [1.82, 2.24) is 0 Å². The number of carbonyl (C=O) groups excluding carboxylic acids is 1. The number of phenols is 1. The Hall–Kier alpha value is -1.26. The zero-order valence-corrected chi connectivity index (χ0v) is 13.5. The van der Waals surface area contributed by atoms with Gasteiger partial charge in [0.2, 0.25) is 5.91 Å². The van der Waals surface area contributed by atoms with Crippen LogP contribution in [0.25, 0.3) is 0 Å². The van der Waals surface area contributed by atoms with E-state index in [4.69, 9.17) is 5.73 Å². The predicted molar refractivity (Wildman–Crippen MR) is 88.0 cm³/mol. The Morgan fingerprint density at radius 2 is 2.00 bits per heavy atom. The largest absolute Gasteiger partial charge is 0.507 e. The van der Waals surface area contributed by atoms with E-state index in [2.05, 4.69) is 5.32 Å². The fourth-order valence-corrected chi connectivity index (χ4v) is 2.90. The molecule has 2 rings (SSSR count). The first-order valence-electron chi connectivity index (χ1n) is 7.33. The van der Waals surface area contributed by atoms with Crippen molar-refractivity contribution in [2.45, 2.75) is 52.0 Å². The molecule has 4 nitrogen and oxygen atoms in total. The predicted octanol–water partition coefficient (Wildman–Crippen LogP) is 3.28. The molecule has 1 aliphatic rings. The molecule has 1 fully saturated rings. The highest BCUT2D eigenvalue weighted by molar-refractivity contribution is 5.92. The van der Waals surface area contributed by atoms with Gasteiger partial charge in [0.05, 0.1) is 0 Å². The van der Waals surface area contributed by atoms with E-state index < -0.39 is 0 Å². The van der Waals surface area contributed by atoms with Gasteiger partial charge in [0, 0.05) is 23.7 Å². The Kier molecular flexibility index (Phi) is 6.49. The number of hydrogen-bond acceptors (Lipinski definition) is 3. The van der Waals surface area contributed by atoms with Crippen LogP contribution in [0.2, 0.25) is 0 Å². The van der Waals surface area contributed by atoms with E-state index >= 15 is 0 Å². The number of amides is 1. The van der Waals surface area contributed by atoms with Gasteiger partial charge in [-0.2, -0.15) is 0 Å². The normalized spacial score (nSPS) is 21.5. The molecule has 0 saturated heterocycles. The fourth-order valence-electron chi connectivity index (χ4n) is 2.90. The number of nitrogens with two attached hydrogens (primary N) is 1. The molecule has 2 atom stereocenters. The van der Waals surface area contributed by atoms with Gasteiger partial charge in [0.15, 0.2) is 0 Å². The number of phenolic OH excluding ortho intramolecular Hbond substituents is 1. The summed E-state index contributed by atoms with van der Waals surface area (Å²) in [5, 5.41) is 12.8. The van der Waals surface area contributed by atoms with Gasteiger partial charge in [-0.3, -0.25) is 4.79 Å². The average Bonchev–Trinajstić information content (AvgIpc) is 2.42. The lowest BCUT2D eigenvalue weighted by atomic mass is 9.83. The molecule has 5 heteroatoms. The summed E-state index contributed by atoms with van der Waals surface area (Å²) in [5.41, 5.74) is 8.29. The Bertz CT molecular complexity index is 505. The smallest absolute Gasteiger partial charge is 0.224 e. The van der Waals surface area contributed by atoms with Crippen LogP contribution in [0.15, 0.2) is 12.1 Å². The monoisotopic (exact) mass is 312 g/mol. The molecule has 1 aromatic carbocycles. The fraction of sp³-hybridized carbons (Fsp3) is 0.562. The Balaban J connectivity index is 0.00000220. The number of benzene rings is 1. The van der Waals surface area contributed by atoms with E-state index in [-0.39, 0.29) is 36.0 Å². The number of aryl methyl sites for hydroxylation is 1. The second-order valence-electron chi connectivity index (χ2n) is 5.86. The van der Waals surface area contributed by atoms with Gasteiger partial charge >= 0.3 is 0 Å². The maximum Gasteiger partial charge on any atom is 0.224 e. The molecule has 0 aromatic heterocycles. The van der Waals surface area contributed by atoms with Gasteiger partial charge < -0.3 is 16.2 Å². The molecule has 0 bridgehead atoms. The van der Waals surface area contributed by atoms with Crippen molar-refractivity contribution in [3.63, 3.8) is 0 Å². The van der Waals surface area contributed by atoms with Crippen LogP contribution in [0, 0.1) is 19.8 Å². The van der Waals surface area contributed by atoms with Gasteiger partial charge in [0.1, 0.15) is 5.75 Å². The maximum absolute atomic E-state index is 12.1. The SMILES string of the molecule is Cc1ccc(NC(=O)CC2CCCCC2N)c(C)c1O.Cl. The van der Waals surface area contributed by atoms with Gasteiger partial charge in [-0.05, 0) is 44.2 Å². The van der Waals surface area contributed by atoms with Crippen molar-refractivity contribution in [1.29, 1.82) is 0 Å². The summed E-state index contributed by atoms with van der Waals surface area (Å²) < 4.78 is 0. The Labute approximate surface area is 132 Å². The minimum absolute atomic E-state index is 0. The Morgan fingerprint density at radius 1 is 1.33 bits per heavy atom. The van der Waals surface area contributed by atoms with Crippen LogP contribution < -0.4 is 11.1 Å². The lowest BCUT2D eigenvalue weighted by molar-refractivity contribution is -0.117. The van der Waals surface area contributed by atoms with E-state index in [1.165, 1.54) is 6.42 Å². The van der Waals surface area contributed by atoms with E-state index in [9.17, 15) is 9.90 Å². The number of nitrogens with one attached hydrogen (secondary N) is 1. The summed E-state index contributed by atoms with van der Waals surface area (Å²) >= 11 is 0. The minimum Gasteiger partial charge on any atom is -0.507 e. The van der Waals surface area contributed by atoms with Gasteiger partial charge in [-0.1, -0.05) is 18.9 Å². The third kappa shape index (κ3) is 4.35. The molecule has 0 aliphatic heterocycles. The number of hydrogen-bond donors (Lipinski definition) is 3. The van der Waals surface area contributed by atoms with E-state index in [1.54, 1.807) is 0 Å². The molecule has 1 saturated carbocycles. The van der Waals surface area contributed by atoms with Crippen molar-refractivity contribution >= 4 is 24.0 Å². The molecule has 118 valence electrons. The molecule has 1 aliphatic carbocycles. The molecule has 0 heterocycles. The van der Waals surface area contributed by atoms with Gasteiger partial charge in [0.25, 0.3) is 0 Å². The molecule has 2 unspecified atom stereocenters. The first-order valence-corrected chi connectivity index (χ1v) is 7.33. The molecule has 1 amide bonds. The van der Waals surface area contributed by atoms with Crippen LogP contribution in [0.5, 0.6) is 5.75 Å². The summed E-state index contributed by atoms with van der Waals surface area (Å²) in [7, 11) is 0. The van der Waals surface area contributed by atoms with Gasteiger partial charge in [-0.25, -0.2) is 0 Å². The lowest BCUT2D eigenvalue weighted by Crippen LogP contribution is -2.35. The zero-order chi connectivity index (χ0) is 14.7. The Morgan fingerprint density at radius 3 is 2.67 bits per heavy atom. The topological polar surface area (TPSA) is 75.4 Å². The number of rotatable bonds is 3. The van der Waals surface area contributed by atoms with Crippen LogP contribution in [-0.2, 0) is 4.79 Å². The number of carbonyl (C=O) groups is 1. The summed E-state index contributed by atoms with van der Waals surface area (Å²) in [4.78, 5) is 12.1. The first kappa shape index (κ1) is 17.8. The van der Waals surface area contributed by atoms with Crippen LogP contribution in [-0.4, -0.2) is 17.1 Å². The lowest BCUT2D eigenvalue weighted by Gasteiger charge is -2.28. The number of anilines is 1. The quantitative estimate of drug-likeness (QED) is 0.801. The second kappa shape index (κ2) is 7.66. The third-order valence-corrected chi connectivity index (χ3v) is 4.32. The van der Waals surface area contributed by atoms with Crippen molar-refractivity contribution < 1.29 is 9.90 Å². The van der Waals surface area contributed by atoms with Crippen LogP contribution in [0.3, 0.4) is 0 Å². The molecule has 0 radical (unpaired) electrons. The van der Waals surface area contributed by atoms with Crippen molar-refractivity contribution in [3.05, 3.63) is 23.3 Å². The molecular weight excluding hydrogens is 288 g/mol. The summed E-state index contributed by atoms with van der Waals surface area (Å²) in [6.07, 6.45) is 4.85. The molecule has 21 heavy (non-hydrogen) atoms. The summed E-state index contributed by atoms with van der Waals surface area (Å²) in [5.74, 6) is 0.513.